The molecule has 0 saturated carbocycles. The maximum absolute atomic E-state index is 12.0. The molecular formula is C20H22N2O5S. The van der Waals surface area contributed by atoms with Crippen LogP contribution in [0.4, 0.5) is 4.79 Å². The number of nitrogens with one attached hydrogen (secondary N) is 2. The van der Waals surface area contributed by atoms with Crippen molar-refractivity contribution < 1.29 is 23.9 Å². The molecule has 0 aromatic heterocycles. The summed E-state index contributed by atoms with van der Waals surface area (Å²) in [5.41, 5.74) is 0.903. The van der Waals surface area contributed by atoms with E-state index in [1.165, 1.54) is 18.7 Å². The average molecular weight is 402 g/mol. The van der Waals surface area contributed by atoms with Crippen LogP contribution in [-0.2, 0) is 20.9 Å². The van der Waals surface area contributed by atoms with Crippen LogP contribution in [0.25, 0.3) is 0 Å². The van der Waals surface area contributed by atoms with E-state index in [9.17, 15) is 14.4 Å². The molecular weight excluding hydrogens is 380 g/mol. The Bertz CT molecular complexity index is 796. The number of thioether (sulfide) groups is 1. The molecule has 2 aromatic carbocycles. The van der Waals surface area contributed by atoms with Gasteiger partial charge in [0.25, 0.3) is 5.91 Å². The van der Waals surface area contributed by atoms with Crippen LogP contribution in [0, 0.1) is 0 Å². The number of hydrogen-bond donors (Lipinski definition) is 2. The number of urea groups is 1. The highest BCUT2D eigenvalue weighted by Gasteiger charge is 2.20. The van der Waals surface area contributed by atoms with Gasteiger partial charge in [-0.2, -0.15) is 0 Å². The first-order valence-electron chi connectivity index (χ1n) is 8.57. The number of carbonyl (C=O) groups excluding carboxylic acids is 3. The summed E-state index contributed by atoms with van der Waals surface area (Å²) in [6.45, 7) is 1.70. The number of amides is 3. The lowest BCUT2D eigenvalue weighted by Crippen LogP contribution is -2.44. The van der Waals surface area contributed by atoms with Crippen LogP contribution >= 0.6 is 11.8 Å². The van der Waals surface area contributed by atoms with Gasteiger partial charge in [0.2, 0.25) is 0 Å². The van der Waals surface area contributed by atoms with Gasteiger partial charge < -0.3 is 14.8 Å². The van der Waals surface area contributed by atoms with Crippen molar-refractivity contribution in [2.24, 2.45) is 0 Å². The Hall–Kier alpha value is -3.00. The molecule has 0 aliphatic carbocycles. The Morgan fingerprint density at radius 3 is 2.36 bits per heavy atom. The van der Waals surface area contributed by atoms with Crippen molar-refractivity contribution in [1.82, 2.24) is 10.6 Å². The number of imide groups is 1. The van der Waals surface area contributed by atoms with Crippen LogP contribution in [0.15, 0.2) is 59.5 Å². The van der Waals surface area contributed by atoms with Gasteiger partial charge in [0, 0.05) is 11.4 Å². The van der Waals surface area contributed by atoms with Gasteiger partial charge in [0.05, 0.1) is 12.9 Å². The van der Waals surface area contributed by atoms with Gasteiger partial charge in [-0.05, 0) is 36.8 Å². The molecule has 0 radical (unpaired) electrons. The molecule has 2 aromatic rings. The standard InChI is InChI=1S/C20H22N2O5S/c1-14(19(24)22-20(25)21-12-15-6-4-3-5-7-15)27-18(23)13-28-17-10-8-16(26-2)9-11-17/h3-11,14H,12-13H2,1-2H3,(H2,21,22,24,25)/t14-/m0/s1. The molecule has 0 spiro atoms. The van der Waals surface area contributed by atoms with E-state index in [2.05, 4.69) is 10.6 Å². The second-order valence-electron chi connectivity index (χ2n) is 5.75. The molecule has 0 heterocycles. The molecule has 0 saturated heterocycles. The molecule has 2 rings (SSSR count). The van der Waals surface area contributed by atoms with Crippen molar-refractivity contribution in [3.05, 3.63) is 60.2 Å². The van der Waals surface area contributed by atoms with Gasteiger partial charge in [0.1, 0.15) is 5.75 Å². The maximum Gasteiger partial charge on any atom is 0.321 e. The minimum Gasteiger partial charge on any atom is -0.497 e. The minimum atomic E-state index is -1.08. The first kappa shape index (κ1) is 21.3. The monoisotopic (exact) mass is 402 g/mol. The van der Waals surface area contributed by atoms with Crippen LogP contribution in [-0.4, -0.2) is 36.9 Å². The molecule has 1 atom stereocenters. The van der Waals surface area contributed by atoms with E-state index in [-0.39, 0.29) is 12.3 Å². The fourth-order valence-corrected chi connectivity index (χ4v) is 2.82. The summed E-state index contributed by atoms with van der Waals surface area (Å²) in [4.78, 5) is 36.5. The molecule has 0 aliphatic rings. The number of carbonyl (C=O) groups is 3. The quantitative estimate of drug-likeness (QED) is 0.521. The molecule has 148 valence electrons. The third-order valence-electron chi connectivity index (χ3n) is 3.63. The molecule has 0 unspecified atom stereocenters. The van der Waals surface area contributed by atoms with Crippen LogP contribution in [0.3, 0.4) is 0 Å². The lowest BCUT2D eigenvalue weighted by Gasteiger charge is -2.13. The average Bonchev–Trinajstić information content (AvgIpc) is 2.71. The van der Waals surface area contributed by atoms with Crippen molar-refractivity contribution in [2.75, 3.05) is 12.9 Å². The molecule has 7 nitrogen and oxygen atoms in total. The third kappa shape index (κ3) is 7.32. The van der Waals surface area contributed by atoms with E-state index < -0.39 is 24.0 Å². The van der Waals surface area contributed by atoms with E-state index in [0.29, 0.717) is 0 Å². The summed E-state index contributed by atoms with van der Waals surface area (Å²) >= 11 is 1.28. The van der Waals surface area contributed by atoms with Crippen LogP contribution in [0.2, 0.25) is 0 Å². The first-order valence-corrected chi connectivity index (χ1v) is 9.55. The summed E-state index contributed by atoms with van der Waals surface area (Å²) in [6, 6.07) is 15.9. The van der Waals surface area contributed by atoms with E-state index >= 15 is 0 Å². The predicted octanol–water partition coefficient (Wildman–Crippen LogP) is 2.75. The highest BCUT2D eigenvalue weighted by Crippen LogP contribution is 2.21. The SMILES string of the molecule is COc1ccc(SCC(=O)O[C@@H](C)C(=O)NC(=O)NCc2ccccc2)cc1. The Balaban J connectivity index is 1.69. The van der Waals surface area contributed by atoms with Crippen LogP contribution in [0.5, 0.6) is 5.75 Å². The predicted molar refractivity (Wildman–Crippen MR) is 106 cm³/mol. The second kappa shape index (κ2) is 11.0. The number of rotatable bonds is 8. The van der Waals surface area contributed by atoms with Crippen molar-refractivity contribution >= 4 is 29.7 Å². The molecule has 0 fully saturated rings. The van der Waals surface area contributed by atoms with Gasteiger partial charge >= 0.3 is 12.0 Å². The lowest BCUT2D eigenvalue weighted by molar-refractivity contribution is -0.151. The zero-order chi connectivity index (χ0) is 20.4. The first-order chi connectivity index (χ1) is 13.5. The number of hydrogen-bond acceptors (Lipinski definition) is 6. The summed E-state index contributed by atoms with van der Waals surface area (Å²) in [5.74, 6) is -0.464. The number of ether oxygens (including phenoxy) is 2. The Morgan fingerprint density at radius 1 is 1.04 bits per heavy atom. The van der Waals surface area contributed by atoms with E-state index in [1.807, 2.05) is 42.5 Å². The fourth-order valence-electron chi connectivity index (χ4n) is 2.13. The Labute approximate surface area is 167 Å². The second-order valence-corrected chi connectivity index (χ2v) is 6.80. The van der Waals surface area contributed by atoms with Gasteiger partial charge in [-0.3, -0.25) is 14.9 Å². The molecule has 3 amide bonds. The minimum absolute atomic E-state index is 0.0458. The maximum atomic E-state index is 12.0. The van der Waals surface area contributed by atoms with Crippen molar-refractivity contribution in [3.63, 3.8) is 0 Å². The smallest absolute Gasteiger partial charge is 0.321 e. The van der Waals surface area contributed by atoms with E-state index in [4.69, 9.17) is 9.47 Å². The topological polar surface area (TPSA) is 93.7 Å². The summed E-state index contributed by atoms with van der Waals surface area (Å²) in [7, 11) is 1.58. The molecule has 2 N–H and O–H groups in total. The van der Waals surface area contributed by atoms with Crippen molar-refractivity contribution in [2.45, 2.75) is 24.5 Å². The fraction of sp³-hybridized carbons (Fsp3) is 0.250. The Morgan fingerprint density at radius 2 is 1.71 bits per heavy atom. The summed E-state index contributed by atoms with van der Waals surface area (Å²) in [6.07, 6.45) is -1.08. The third-order valence-corrected chi connectivity index (χ3v) is 4.61. The van der Waals surface area contributed by atoms with Crippen LogP contribution in [0.1, 0.15) is 12.5 Å². The van der Waals surface area contributed by atoms with Gasteiger partial charge in [0.15, 0.2) is 6.10 Å². The van der Waals surface area contributed by atoms with Crippen molar-refractivity contribution in [3.8, 4) is 5.75 Å². The Kier molecular flexibility index (Phi) is 8.36. The number of esters is 1. The number of benzene rings is 2. The molecule has 8 heteroatoms. The van der Waals surface area contributed by atoms with Gasteiger partial charge in [-0.15, -0.1) is 11.8 Å². The lowest BCUT2D eigenvalue weighted by atomic mass is 10.2. The normalized spacial score (nSPS) is 11.2. The molecule has 0 aliphatic heterocycles. The van der Waals surface area contributed by atoms with Gasteiger partial charge in [-0.25, -0.2) is 4.79 Å². The van der Waals surface area contributed by atoms with Gasteiger partial charge in [-0.1, -0.05) is 30.3 Å². The largest absolute Gasteiger partial charge is 0.497 e. The van der Waals surface area contributed by atoms with E-state index in [1.54, 1.807) is 19.2 Å². The zero-order valence-electron chi connectivity index (χ0n) is 15.6. The van der Waals surface area contributed by atoms with Crippen LogP contribution < -0.4 is 15.4 Å². The van der Waals surface area contributed by atoms with E-state index in [0.717, 1.165) is 16.2 Å². The molecule has 28 heavy (non-hydrogen) atoms. The highest BCUT2D eigenvalue weighted by molar-refractivity contribution is 8.00. The zero-order valence-corrected chi connectivity index (χ0v) is 16.5. The number of methoxy groups -OCH3 is 1. The molecule has 0 bridgehead atoms. The van der Waals surface area contributed by atoms with Crippen molar-refractivity contribution in [1.29, 1.82) is 0 Å². The highest BCUT2D eigenvalue weighted by atomic mass is 32.2. The summed E-state index contributed by atoms with van der Waals surface area (Å²) < 4.78 is 10.1. The summed E-state index contributed by atoms with van der Waals surface area (Å²) in [5, 5.41) is 4.72.